The molecule has 2 rings (SSSR count). The molecule has 1 nitrogen and oxygen atoms in total. The lowest BCUT2D eigenvalue weighted by Crippen LogP contribution is -2.02. The fourth-order valence-electron chi connectivity index (χ4n) is 2.11. The second-order valence-electron chi connectivity index (χ2n) is 4.50. The standard InChI is InChI=1S/C16H17ClO/c1-3-12-5-4-6-13(10-12)16(18)15-8-7-14(17)9-11(15)2/h4-10,16,18H,3H2,1-2H3. The van der Waals surface area contributed by atoms with Crippen molar-refractivity contribution >= 4 is 11.6 Å². The van der Waals surface area contributed by atoms with E-state index in [9.17, 15) is 5.11 Å². The zero-order valence-corrected chi connectivity index (χ0v) is 11.4. The Morgan fingerprint density at radius 3 is 2.61 bits per heavy atom. The highest BCUT2D eigenvalue weighted by molar-refractivity contribution is 6.30. The van der Waals surface area contributed by atoms with Crippen LogP contribution in [0, 0.1) is 6.92 Å². The lowest BCUT2D eigenvalue weighted by Gasteiger charge is -2.15. The molecule has 0 saturated carbocycles. The van der Waals surface area contributed by atoms with Crippen molar-refractivity contribution in [1.29, 1.82) is 0 Å². The van der Waals surface area contributed by atoms with E-state index in [-0.39, 0.29) is 0 Å². The van der Waals surface area contributed by atoms with Crippen LogP contribution in [-0.4, -0.2) is 5.11 Å². The second-order valence-corrected chi connectivity index (χ2v) is 4.94. The highest BCUT2D eigenvalue weighted by atomic mass is 35.5. The maximum atomic E-state index is 10.4. The zero-order chi connectivity index (χ0) is 13.1. The third-order valence-corrected chi connectivity index (χ3v) is 3.44. The lowest BCUT2D eigenvalue weighted by atomic mass is 9.96. The average Bonchev–Trinajstić information content (AvgIpc) is 2.38. The molecule has 0 heterocycles. The minimum Gasteiger partial charge on any atom is -0.384 e. The van der Waals surface area contributed by atoms with Gasteiger partial charge in [0.15, 0.2) is 0 Å². The van der Waals surface area contributed by atoms with E-state index >= 15 is 0 Å². The van der Waals surface area contributed by atoms with Gasteiger partial charge in [0, 0.05) is 5.02 Å². The Balaban J connectivity index is 2.37. The van der Waals surface area contributed by atoms with E-state index in [0.29, 0.717) is 5.02 Å². The Labute approximate surface area is 113 Å². The molecule has 0 fully saturated rings. The van der Waals surface area contributed by atoms with E-state index in [1.54, 1.807) is 0 Å². The first kappa shape index (κ1) is 13.1. The van der Waals surface area contributed by atoms with E-state index in [1.165, 1.54) is 5.56 Å². The number of hydrogen-bond acceptors (Lipinski definition) is 1. The number of aliphatic hydroxyl groups is 1. The Bertz CT molecular complexity index is 549. The summed E-state index contributed by atoms with van der Waals surface area (Å²) in [7, 11) is 0. The molecule has 0 bridgehead atoms. The summed E-state index contributed by atoms with van der Waals surface area (Å²) in [6, 6.07) is 13.7. The molecule has 2 aromatic rings. The summed E-state index contributed by atoms with van der Waals surface area (Å²) in [5, 5.41) is 11.1. The number of halogens is 1. The molecule has 0 aliphatic rings. The van der Waals surface area contributed by atoms with Crippen molar-refractivity contribution in [2.45, 2.75) is 26.4 Å². The van der Waals surface area contributed by atoms with Gasteiger partial charge in [-0.3, -0.25) is 0 Å². The van der Waals surface area contributed by atoms with Gasteiger partial charge in [0.25, 0.3) is 0 Å². The molecule has 0 aliphatic heterocycles. The fourth-order valence-corrected chi connectivity index (χ4v) is 2.34. The van der Waals surface area contributed by atoms with Crippen LogP contribution in [0.1, 0.15) is 35.3 Å². The molecule has 0 radical (unpaired) electrons. The third-order valence-electron chi connectivity index (χ3n) is 3.20. The zero-order valence-electron chi connectivity index (χ0n) is 10.7. The van der Waals surface area contributed by atoms with Crippen LogP contribution in [0.15, 0.2) is 42.5 Å². The van der Waals surface area contributed by atoms with Crippen molar-refractivity contribution in [3.05, 3.63) is 69.7 Å². The highest BCUT2D eigenvalue weighted by Crippen LogP contribution is 2.27. The number of aryl methyl sites for hydroxylation is 2. The van der Waals surface area contributed by atoms with Crippen molar-refractivity contribution in [2.75, 3.05) is 0 Å². The van der Waals surface area contributed by atoms with Gasteiger partial charge in [-0.05, 0) is 47.7 Å². The SMILES string of the molecule is CCc1cccc(C(O)c2ccc(Cl)cc2C)c1. The van der Waals surface area contributed by atoms with Crippen LogP contribution in [0.2, 0.25) is 5.02 Å². The Kier molecular flexibility index (Phi) is 4.05. The quantitative estimate of drug-likeness (QED) is 0.873. The maximum absolute atomic E-state index is 10.4. The molecule has 94 valence electrons. The van der Waals surface area contributed by atoms with Crippen LogP contribution < -0.4 is 0 Å². The molecular weight excluding hydrogens is 244 g/mol. The molecular formula is C16H17ClO. The molecule has 0 saturated heterocycles. The lowest BCUT2D eigenvalue weighted by molar-refractivity contribution is 0.219. The molecule has 2 heteroatoms. The largest absolute Gasteiger partial charge is 0.384 e. The van der Waals surface area contributed by atoms with E-state index in [4.69, 9.17) is 11.6 Å². The minimum absolute atomic E-state index is 0.589. The van der Waals surface area contributed by atoms with E-state index in [2.05, 4.69) is 19.1 Å². The topological polar surface area (TPSA) is 20.2 Å². The molecule has 0 amide bonds. The molecule has 0 spiro atoms. The fraction of sp³-hybridized carbons (Fsp3) is 0.250. The van der Waals surface area contributed by atoms with Crippen molar-refractivity contribution in [3.8, 4) is 0 Å². The van der Waals surface area contributed by atoms with Gasteiger partial charge in [0.2, 0.25) is 0 Å². The highest BCUT2D eigenvalue weighted by Gasteiger charge is 2.13. The van der Waals surface area contributed by atoms with Gasteiger partial charge in [-0.15, -0.1) is 0 Å². The normalized spacial score (nSPS) is 12.4. The predicted molar refractivity (Wildman–Crippen MR) is 76.1 cm³/mol. The minimum atomic E-state index is -0.589. The van der Waals surface area contributed by atoms with Crippen molar-refractivity contribution in [3.63, 3.8) is 0 Å². The van der Waals surface area contributed by atoms with Gasteiger partial charge in [0.1, 0.15) is 6.10 Å². The van der Waals surface area contributed by atoms with Crippen molar-refractivity contribution in [2.24, 2.45) is 0 Å². The van der Waals surface area contributed by atoms with Crippen LogP contribution in [0.3, 0.4) is 0 Å². The Hall–Kier alpha value is -1.31. The summed E-state index contributed by atoms with van der Waals surface area (Å²) in [5.74, 6) is 0. The van der Waals surface area contributed by atoms with Crippen molar-refractivity contribution in [1.82, 2.24) is 0 Å². The predicted octanol–water partition coefficient (Wildman–Crippen LogP) is 4.29. The summed E-state index contributed by atoms with van der Waals surface area (Å²) in [5.41, 5.74) is 4.09. The summed E-state index contributed by atoms with van der Waals surface area (Å²) >= 11 is 5.93. The van der Waals surface area contributed by atoms with E-state index < -0.39 is 6.10 Å². The third kappa shape index (κ3) is 2.74. The molecule has 0 aromatic heterocycles. The summed E-state index contributed by atoms with van der Waals surface area (Å²) in [4.78, 5) is 0. The first-order valence-electron chi connectivity index (χ1n) is 6.14. The van der Waals surface area contributed by atoms with Crippen LogP contribution in [0.5, 0.6) is 0 Å². The monoisotopic (exact) mass is 260 g/mol. The molecule has 1 atom stereocenters. The van der Waals surface area contributed by atoms with E-state index in [0.717, 1.165) is 23.1 Å². The Morgan fingerprint density at radius 1 is 1.17 bits per heavy atom. The number of aliphatic hydroxyl groups excluding tert-OH is 1. The average molecular weight is 261 g/mol. The van der Waals surface area contributed by atoms with Gasteiger partial charge in [0.05, 0.1) is 0 Å². The van der Waals surface area contributed by atoms with Gasteiger partial charge in [-0.25, -0.2) is 0 Å². The van der Waals surface area contributed by atoms with Crippen LogP contribution in [0.25, 0.3) is 0 Å². The maximum Gasteiger partial charge on any atom is 0.104 e. The smallest absolute Gasteiger partial charge is 0.104 e. The van der Waals surface area contributed by atoms with Gasteiger partial charge < -0.3 is 5.11 Å². The van der Waals surface area contributed by atoms with Gasteiger partial charge >= 0.3 is 0 Å². The van der Waals surface area contributed by atoms with Crippen LogP contribution in [-0.2, 0) is 6.42 Å². The number of hydrogen-bond donors (Lipinski definition) is 1. The summed E-state index contributed by atoms with van der Waals surface area (Å²) < 4.78 is 0. The van der Waals surface area contributed by atoms with Gasteiger partial charge in [-0.1, -0.05) is 48.9 Å². The summed E-state index contributed by atoms with van der Waals surface area (Å²) in [6.45, 7) is 4.08. The number of rotatable bonds is 3. The summed E-state index contributed by atoms with van der Waals surface area (Å²) in [6.07, 6.45) is 0.383. The first-order chi connectivity index (χ1) is 8.61. The molecule has 2 aromatic carbocycles. The van der Waals surface area contributed by atoms with E-state index in [1.807, 2.05) is 37.3 Å². The number of benzene rings is 2. The first-order valence-corrected chi connectivity index (χ1v) is 6.52. The Morgan fingerprint density at radius 2 is 1.94 bits per heavy atom. The van der Waals surface area contributed by atoms with Crippen molar-refractivity contribution < 1.29 is 5.11 Å². The molecule has 1 N–H and O–H groups in total. The second kappa shape index (κ2) is 5.55. The van der Waals surface area contributed by atoms with Crippen LogP contribution >= 0.6 is 11.6 Å². The molecule has 18 heavy (non-hydrogen) atoms. The molecule has 1 unspecified atom stereocenters. The molecule has 0 aliphatic carbocycles. The van der Waals surface area contributed by atoms with Gasteiger partial charge in [-0.2, -0.15) is 0 Å². The van der Waals surface area contributed by atoms with Crippen LogP contribution in [0.4, 0.5) is 0 Å².